The second-order valence-corrected chi connectivity index (χ2v) is 6.94. The molecule has 0 saturated heterocycles. The van der Waals surface area contributed by atoms with E-state index in [-0.39, 0.29) is 37.7 Å². The van der Waals surface area contributed by atoms with Crippen molar-refractivity contribution in [3.8, 4) is 0 Å². The quantitative estimate of drug-likeness (QED) is 0.133. The Bertz CT molecular complexity index is 872. The first-order valence-corrected chi connectivity index (χ1v) is 10.3. The number of carbonyl (C=O) groups excluding carboxylic acids is 4. The molecule has 34 heavy (non-hydrogen) atoms. The highest BCUT2D eigenvalue weighted by Crippen LogP contribution is 2.08. The van der Waals surface area contributed by atoms with E-state index in [2.05, 4.69) is 15.4 Å². The monoisotopic (exact) mass is 481 g/mol. The predicted octanol–water partition coefficient (Wildman–Crippen LogP) is 0.490. The van der Waals surface area contributed by atoms with E-state index < -0.39 is 36.8 Å². The minimum absolute atomic E-state index is 0.0707. The van der Waals surface area contributed by atoms with Gasteiger partial charge >= 0.3 is 18.0 Å². The number of carboxylic acids is 2. The Morgan fingerprint density at radius 1 is 0.971 bits per heavy atom. The first kappa shape index (κ1) is 27.9. The molecule has 2 atom stereocenters. The van der Waals surface area contributed by atoms with E-state index in [9.17, 15) is 28.8 Å². The zero-order valence-electron chi connectivity index (χ0n) is 18.4. The summed E-state index contributed by atoms with van der Waals surface area (Å²) in [6, 6.07) is 4.59. The van der Waals surface area contributed by atoms with Crippen molar-refractivity contribution in [1.29, 1.82) is 0 Å². The number of amides is 3. The van der Waals surface area contributed by atoms with E-state index in [0.717, 1.165) is 0 Å². The van der Waals surface area contributed by atoms with E-state index in [1.165, 1.54) is 31.3 Å². The molecular formula is C21H27N3O10. The molecule has 13 heteroatoms. The normalized spacial score (nSPS) is 11.9. The van der Waals surface area contributed by atoms with Crippen LogP contribution in [0, 0.1) is 0 Å². The molecule has 3 amide bonds. The van der Waals surface area contributed by atoms with Gasteiger partial charge in [0.2, 0.25) is 6.29 Å². The van der Waals surface area contributed by atoms with E-state index in [1.807, 2.05) is 5.32 Å². The number of carbonyl (C=O) groups is 6. The fourth-order valence-electron chi connectivity index (χ4n) is 2.69. The molecule has 1 aromatic rings. The molecule has 13 nitrogen and oxygen atoms in total. The summed E-state index contributed by atoms with van der Waals surface area (Å²) in [5, 5.41) is 24.9. The van der Waals surface area contributed by atoms with Gasteiger partial charge in [0.1, 0.15) is 6.04 Å². The zero-order chi connectivity index (χ0) is 25.5. The summed E-state index contributed by atoms with van der Waals surface area (Å²) in [6.07, 6.45) is -2.40. The molecule has 0 unspecified atom stereocenters. The van der Waals surface area contributed by atoms with Gasteiger partial charge in [0, 0.05) is 37.6 Å². The summed E-state index contributed by atoms with van der Waals surface area (Å²) in [6.45, 7) is 0.341. The van der Waals surface area contributed by atoms with Gasteiger partial charge in [-0.15, -0.1) is 0 Å². The Morgan fingerprint density at radius 2 is 1.59 bits per heavy atom. The number of aliphatic carboxylic acids is 2. The molecule has 0 spiro atoms. The first-order chi connectivity index (χ1) is 16.2. The van der Waals surface area contributed by atoms with Crippen molar-refractivity contribution in [2.24, 2.45) is 0 Å². The van der Waals surface area contributed by atoms with Gasteiger partial charge in [-0.2, -0.15) is 0 Å². The van der Waals surface area contributed by atoms with E-state index in [0.29, 0.717) is 24.0 Å². The Labute approximate surface area is 194 Å². The second kappa shape index (κ2) is 14.8. The number of rotatable bonds is 15. The van der Waals surface area contributed by atoms with E-state index in [4.69, 9.17) is 14.9 Å². The smallest absolute Gasteiger partial charge is 0.410 e. The molecule has 0 aliphatic carbocycles. The molecule has 0 heterocycles. The zero-order valence-corrected chi connectivity index (χ0v) is 18.4. The van der Waals surface area contributed by atoms with Gasteiger partial charge in [-0.3, -0.25) is 19.2 Å². The van der Waals surface area contributed by atoms with Crippen LogP contribution >= 0.6 is 0 Å². The summed E-state index contributed by atoms with van der Waals surface area (Å²) >= 11 is 0. The molecule has 0 aliphatic heterocycles. The van der Waals surface area contributed by atoms with Crippen LogP contribution in [-0.4, -0.2) is 72.5 Å². The third-order valence-electron chi connectivity index (χ3n) is 4.47. The Morgan fingerprint density at radius 3 is 2.12 bits per heavy atom. The number of benzene rings is 1. The molecule has 1 aromatic carbocycles. The highest BCUT2D eigenvalue weighted by Gasteiger charge is 2.24. The summed E-state index contributed by atoms with van der Waals surface area (Å²) in [7, 11) is 1.50. The van der Waals surface area contributed by atoms with Gasteiger partial charge in [0.05, 0.1) is 0 Å². The van der Waals surface area contributed by atoms with Gasteiger partial charge < -0.3 is 35.6 Å². The fourth-order valence-corrected chi connectivity index (χ4v) is 2.69. The Kier molecular flexibility index (Phi) is 12.1. The van der Waals surface area contributed by atoms with Gasteiger partial charge in [0.25, 0.3) is 18.3 Å². The number of hydrogen-bond acceptors (Lipinski definition) is 8. The highest BCUT2D eigenvalue weighted by molar-refractivity contribution is 5.97. The van der Waals surface area contributed by atoms with Crippen LogP contribution in [-0.2, 0) is 23.9 Å². The molecule has 1 rings (SSSR count). The van der Waals surface area contributed by atoms with Gasteiger partial charge in [-0.25, -0.2) is 9.59 Å². The van der Waals surface area contributed by atoms with Gasteiger partial charge in [-0.1, -0.05) is 0 Å². The van der Waals surface area contributed by atoms with Crippen LogP contribution in [0.3, 0.4) is 0 Å². The van der Waals surface area contributed by atoms with Crippen LogP contribution < -0.4 is 16.0 Å². The third kappa shape index (κ3) is 10.4. The van der Waals surface area contributed by atoms with Crippen molar-refractivity contribution in [3.05, 3.63) is 35.4 Å². The first-order valence-electron chi connectivity index (χ1n) is 10.3. The van der Waals surface area contributed by atoms with Crippen molar-refractivity contribution >= 4 is 36.3 Å². The SMILES string of the molecule is CNC(=O)c1ccc(C(=O)NCCCC[C@@H](OC=O)OC(=O)N[C@@H](CCC(=O)O)C(=O)O)cc1. The Hall–Kier alpha value is -4.16. The average Bonchev–Trinajstić information content (AvgIpc) is 2.80. The maximum atomic E-state index is 12.1. The van der Waals surface area contributed by atoms with Crippen LogP contribution in [0.5, 0.6) is 0 Å². The maximum Gasteiger partial charge on any atom is 0.410 e. The summed E-state index contributed by atoms with van der Waals surface area (Å²) < 4.78 is 9.55. The molecule has 0 saturated carbocycles. The Balaban J connectivity index is 2.42. The summed E-state index contributed by atoms with van der Waals surface area (Å²) in [4.78, 5) is 67.9. The topological polar surface area (TPSA) is 197 Å². The van der Waals surface area contributed by atoms with Gasteiger partial charge in [0.15, 0.2) is 0 Å². The number of alkyl carbamates (subject to hydrolysis) is 1. The molecule has 0 aliphatic rings. The van der Waals surface area contributed by atoms with Crippen molar-refractivity contribution in [3.63, 3.8) is 0 Å². The van der Waals surface area contributed by atoms with Crippen molar-refractivity contribution in [2.75, 3.05) is 13.6 Å². The second-order valence-electron chi connectivity index (χ2n) is 6.94. The largest absolute Gasteiger partial charge is 0.481 e. The van der Waals surface area contributed by atoms with Crippen LogP contribution in [0.4, 0.5) is 4.79 Å². The lowest BCUT2D eigenvalue weighted by Crippen LogP contribution is -2.42. The molecule has 5 N–H and O–H groups in total. The van der Waals surface area contributed by atoms with E-state index >= 15 is 0 Å². The standard InChI is InChI=1S/C21H27N3O10/c1-22-18(28)13-5-7-14(8-6-13)19(29)23-11-3-2-4-17(33-12-25)34-21(32)24-15(20(30)31)9-10-16(26)27/h5-8,12,15,17H,2-4,9-11H2,1H3,(H,22,28)(H,23,29)(H,24,32)(H,26,27)(H,30,31)/t15-,17-/m0/s1. The molecule has 0 bridgehead atoms. The van der Waals surface area contributed by atoms with Crippen LogP contribution in [0.1, 0.15) is 52.8 Å². The highest BCUT2D eigenvalue weighted by atomic mass is 16.7. The van der Waals surface area contributed by atoms with Crippen molar-refractivity contribution in [2.45, 2.75) is 44.4 Å². The van der Waals surface area contributed by atoms with Crippen molar-refractivity contribution < 1.29 is 48.5 Å². The number of hydrogen-bond donors (Lipinski definition) is 5. The number of carboxylic acid groups (broad SMARTS) is 2. The minimum atomic E-state index is -1.49. The van der Waals surface area contributed by atoms with Gasteiger partial charge in [-0.05, 0) is 43.5 Å². The molecular weight excluding hydrogens is 454 g/mol. The predicted molar refractivity (Wildman–Crippen MR) is 115 cm³/mol. The summed E-state index contributed by atoms with van der Waals surface area (Å²) in [5.74, 6) is -3.28. The number of ether oxygens (including phenoxy) is 2. The minimum Gasteiger partial charge on any atom is -0.481 e. The molecule has 0 radical (unpaired) electrons. The van der Waals surface area contributed by atoms with Crippen LogP contribution in [0.15, 0.2) is 24.3 Å². The lowest BCUT2D eigenvalue weighted by Gasteiger charge is -2.18. The fraction of sp³-hybridized carbons (Fsp3) is 0.429. The summed E-state index contributed by atoms with van der Waals surface area (Å²) in [5.41, 5.74) is 0.784. The number of nitrogens with one attached hydrogen (secondary N) is 3. The van der Waals surface area contributed by atoms with Crippen molar-refractivity contribution in [1.82, 2.24) is 16.0 Å². The lowest BCUT2D eigenvalue weighted by atomic mass is 10.1. The molecule has 186 valence electrons. The van der Waals surface area contributed by atoms with Crippen LogP contribution in [0.2, 0.25) is 0 Å². The lowest BCUT2D eigenvalue weighted by molar-refractivity contribution is -0.154. The maximum absolute atomic E-state index is 12.1. The molecule has 0 fully saturated rings. The van der Waals surface area contributed by atoms with Crippen LogP contribution in [0.25, 0.3) is 0 Å². The third-order valence-corrected chi connectivity index (χ3v) is 4.47. The molecule has 0 aromatic heterocycles. The average molecular weight is 481 g/mol. The number of unbranched alkanes of at least 4 members (excludes halogenated alkanes) is 1. The van der Waals surface area contributed by atoms with E-state index in [1.54, 1.807) is 0 Å².